The van der Waals surface area contributed by atoms with Crippen molar-refractivity contribution in [1.29, 1.82) is 0 Å². The van der Waals surface area contributed by atoms with E-state index in [1.807, 2.05) is 24.3 Å². The summed E-state index contributed by atoms with van der Waals surface area (Å²) < 4.78 is 0. The van der Waals surface area contributed by atoms with Crippen LogP contribution in [-0.4, -0.2) is 17.3 Å². The summed E-state index contributed by atoms with van der Waals surface area (Å²) in [6, 6.07) is 19.4. The van der Waals surface area contributed by atoms with E-state index >= 15 is 0 Å². The fourth-order valence-electron chi connectivity index (χ4n) is 3.09. The van der Waals surface area contributed by atoms with Crippen LogP contribution in [0.1, 0.15) is 31.1 Å². The lowest BCUT2D eigenvalue weighted by atomic mass is 9.93. The number of Topliss-reactive ketones (excluding diaryl/α,β-unsaturated/α-hetero) is 3. The third-order valence-electron chi connectivity index (χ3n) is 4.26. The molecular formula is C20H12O3. The minimum atomic E-state index is -1.25. The van der Waals surface area contributed by atoms with Gasteiger partial charge < -0.3 is 0 Å². The second-order valence-electron chi connectivity index (χ2n) is 5.64. The second kappa shape index (κ2) is 4.99. The molecule has 4 rings (SSSR count). The summed E-state index contributed by atoms with van der Waals surface area (Å²) in [6.07, 6.45) is 0. The van der Waals surface area contributed by atoms with Crippen LogP contribution in [0.4, 0.5) is 0 Å². The SMILES string of the molecule is O=C(c1ccccc1)C1C(=O)c2cc3ccccc3cc2C1=O. The molecule has 0 saturated carbocycles. The number of hydrogen-bond acceptors (Lipinski definition) is 3. The predicted molar refractivity (Wildman–Crippen MR) is 86.9 cm³/mol. The first-order valence-corrected chi connectivity index (χ1v) is 7.37. The third kappa shape index (κ3) is 2.01. The van der Waals surface area contributed by atoms with Crippen LogP contribution in [0, 0.1) is 5.92 Å². The fourth-order valence-corrected chi connectivity index (χ4v) is 3.09. The molecule has 0 aromatic heterocycles. The van der Waals surface area contributed by atoms with Gasteiger partial charge in [-0.2, -0.15) is 0 Å². The zero-order valence-electron chi connectivity index (χ0n) is 12.2. The Bertz CT molecular complexity index is 916. The summed E-state index contributed by atoms with van der Waals surface area (Å²) in [5, 5.41) is 1.78. The topological polar surface area (TPSA) is 51.2 Å². The molecule has 3 aromatic carbocycles. The lowest BCUT2D eigenvalue weighted by molar-refractivity contribution is 0.0756. The molecule has 3 aromatic rings. The highest BCUT2D eigenvalue weighted by atomic mass is 16.2. The van der Waals surface area contributed by atoms with Gasteiger partial charge in [0.15, 0.2) is 17.3 Å². The Morgan fingerprint density at radius 1 is 0.696 bits per heavy atom. The summed E-state index contributed by atoms with van der Waals surface area (Å²) in [5.41, 5.74) is 1.09. The molecule has 3 nitrogen and oxygen atoms in total. The standard InChI is InChI=1S/C20H12O3/c21-18(12-6-2-1-3-7-12)17-19(22)15-10-13-8-4-5-9-14(13)11-16(15)20(17)23/h1-11,17H. The van der Waals surface area contributed by atoms with Gasteiger partial charge in [0, 0.05) is 16.7 Å². The van der Waals surface area contributed by atoms with Crippen LogP contribution >= 0.6 is 0 Å². The summed E-state index contributed by atoms with van der Waals surface area (Å²) in [7, 11) is 0. The number of benzene rings is 3. The maximum atomic E-state index is 12.6. The normalized spacial score (nSPS) is 14.3. The summed E-state index contributed by atoms with van der Waals surface area (Å²) in [4.78, 5) is 37.8. The van der Waals surface area contributed by atoms with E-state index in [0.29, 0.717) is 16.7 Å². The minimum absolute atomic E-state index is 0.350. The van der Waals surface area contributed by atoms with Gasteiger partial charge in [-0.15, -0.1) is 0 Å². The molecule has 0 heterocycles. The molecule has 0 saturated heterocycles. The molecule has 0 amide bonds. The van der Waals surface area contributed by atoms with Crippen molar-refractivity contribution in [3.05, 3.63) is 83.4 Å². The first-order chi connectivity index (χ1) is 11.2. The molecule has 1 aliphatic carbocycles. The molecule has 0 N–H and O–H groups in total. The van der Waals surface area contributed by atoms with Gasteiger partial charge in [0.25, 0.3) is 0 Å². The van der Waals surface area contributed by atoms with Crippen LogP contribution in [0.15, 0.2) is 66.7 Å². The van der Waals surface area contributed by atoms with Crippen molar-refractivity contribution >= 4 is 28.1 Å². The van der Waals surface area contributed by atoms with Gasteiger partial charge in [-0.1, -0.05) is 54.6 Å². The van der Waals surface area contributed by atoms with E-state index in [1.54, 1.807) is 42.5 Å². The lowest BCUT2D eigenvalue weighted by Crippen LogP contribution is -2.25. The number of hydrogen-bond donors (Lipinski definition) is 0. The van der Waals surface area contributed by atoms with E-state index in [9.17, 15) is 14.4 Å². The van der Waals surface area contributed by atoms with Crippen molar-refractivity contribution in [2.75, 3.05) is 0 Å². The number of carbonyl (C=O) groups is 3. The molecule has 23 heavy (non-hydrogen) atoms. The average Bonchev–Trinajstić information content (AvgIpc) is 2.84. The van der Waals surface area contributed by atoms with Crippen LogP contribution in [0.25, 0.3) is 10.8 Å². The molecule has 0 unspecified atom stereocenters. The van der Waals surface area contributed by atoms with Crippen molar-refractivity contribution in [2.45, 2.75) is 0 Å². The molecule has 0 radical (unpaired) electrons. The van der Waals surface area contributed by atoms with Gasteiger partial charge in [0.2, 0.25) is 0 Å². The highest BCUT2D eigenvalue weighted by molar-refractivity contribution is 6.38. The summed E-state index contributed by atoms with van der Waals surface area (Å²) in [5.74, 6) is -2.47. The van der Waals surface area contributed by atoms with Crippen LogP contribution in [0.2, 0.25) is 0 Å². The van der Waals surface area contributed by atoms with Crippen LogP contribution in [-0.2, 0) is 0 Å². The molecule has 1 aliphatic rings. The van der Waals surface area contributed by atoms with Gasteiger partial charge in [-0.3, -0.25) is 14.4 Å². The van der Waals surface area contributed by atoms with E-state index in [1.165, 1.54) is 0 Å². The van der Waals surface area contributed by atoms with Gasteiger partial charge in [0.1, 0.15) is 5.92 Å². The molecule has 0 spiro atoms. The molecule has 0 bridgehead atoms. The highest BCUT2D eigenvalue weighted by Crippen LogP contribution is 2.32. The van der Waals surface area contributed by atoms with Gasteiger partial charge in [-0.25, -0.2) is 0 Å². The van der Waals surface area contributed by atoms with Gasteiger partial charge in [-0.05, 0) is 22.9 Å². The van der Waals surface area contributed by atoms with Crippen molar-refractivity contribution in [3.8, 4) is 0 Å². The Labute approximate surface area is 132 Å². The Morgan fingerprint density at radius 2 is 1.17 bits per heavy atom. The van der Waals surface area contributed by atoms with E-state index in [-0.39, 0.29) is 0 Å². The summed E-state index contributed by atoms with van der Waals surface area (Å²) in [6.45, 7) is 0. The predicted octanol–water partition coefficient (Wildman–Crippen LogP) is 3.72. The molecular weight excluding hydrogens is 288 g/mol. The Morgan fingerprint density at radius 3 is 1.70 bits per heavy atom. The van der Waals surface area contributed by atoms with Gasteiger partial charge in [0.05, 0.1) is 0 Å². The van der Waals surface area contributed by atoms with E-state index < -0.39 is 23.3 Å². The number of fused-ring (bicyclic) bond motifs is 2. The zero-order valence-corrected chi connectivity index (χ0v) is 12.2. The van der Waals surface area contributed by atoms with Gasteiger partial charge >= 0.3 is 0 Å². The molecule has 0 fully saturated rings. The second-order valence-corrected chi connectivity index (χ2v) is 5.64. The average molecular weight is 300 g/mol. The van der Waals surface area contributed by atoms with E-state index in [2.05, 4.69) is 0 Å². The lowest BCUT2D eigenvalue weighted by Gasteiger charge is -2.05. The number of rotatable bonds is 2. The van der Waals surface area contributed by atoms with Crippen molar-refractivity contribution in [1.82, 2.24) is 0 Å². The Hall–Kier alpha value is -3.07. The molecule has 3 heteroatoms. The Balaban J connectivity index is 1.83. The first-order valence-electron chi connectivity index (χ1n) is 7.37. The Kier molecular flexibility index (Phi) is 2.95. The van der Waals surface area contributed by atoms with E-state index in [0.717, 1.165) is 10.8 Å². The smallest absolute Gasteiger partial charge is 0.182 e. The largest absolute Gasteiger partial charge is 0.293 e. The number of ketones is 3. The quantitative estimate of drug-likeness (QED) is 0.535. The van der Waals surface area contributed by atoms with E-state index in [4.69, 9.17) is 0 Å². The maximum absolute atomic E-state index is 12.6. The van der Waals surface area contributed by atoms with Crippen molar-refractivity contribution in [2.24, 2.45) is 5.92 Å². The van der Waals surface area contributed by atoms with Crippen LogP contribution < -0.4 is 0 Å². The molecule has 0 atom stereocenters. The first kappa shape index (κ1) is 13.6. The number of carbonyl (C=O) groups excluding carboxylic acids is 3. The highest BCUT2D eigenvalue weighted by Gasteiger charge is 2.43. The molecule has 0 aliphatic heterocycles. The minimum Gasteiger partial charge on any atom is -0.293 e. The zero-order chi connectivity index (χ0) is 16.0. The molecule has 110 valence electrons. The maximum Gasteiger partial charge on any atom is 0.182 e. The van der Waals surface area contributed by atoms with Crippen molar-refractivity contribution in [3.63, 3.8) is 0 Å². The monoisotopic (exact) mass is 300 g/mol. The third-order valence-corrected chi connectivity index (χ3v) is 4.26. The fraction of sp³-hybridized carbons (Fsp3) is 0.0500. The van der Waals surface area contributed by atoms with Crippen LogP contribution in [0.5, 0.6) is 0 Å². The van der Waals surface area contributed by atoms with Crippen LogP contribution in [0.3, 0.4) is 0 Å². The summed E-state index contributed by atoms with van der Waals surface area (Å²) >= 11 is 0. The van der Waals surface area contributed by atoms with Crippen molar-refractivity contribution < 1.29 is 14.4 Å².